The third-order valence-electron chi connectivity index (χ3n) is 6.16. The number of nitrogens with one attached hydrogen (secondary N) is 1. The number of amides is 1. The van der Waals surface area contributed by atoms with Crippen molar-refractivity contribution in [2.45, 2.75) is 58.9 Å². The number of halogens is 1. The fourth-order valence-electron chi connectivity index (χ4n) is 4.26. The molecule has 0 aliphatic heterocycles. The highest BCUT2D eigenvalue weighted by molar-refractivity contribution is 5.99. The van der Waals surface area contributed by atoms with Gasteiger partial charge in [-0.1, -0.05) is 31.4 Å². The number of Topliss-reactive ketones (excluding diaryl/α,β-unsaturated/α-hetero) is 1. The van der Waals surface area contributed by atoms with Crippen molar-refractivity contribution in [1.29, 1.82) is 0 Å². The van der Waals surface area contributed by atoms with Gasteiger partial charge in [0.2, 0.25) is 11.7 Å². The quantitative estimate of drug-likeness (QED) is 0.472. The predicted molar refractivity (Wildman–Crippen MR) is 119 cm³/mol. The largest absolute Gasteiger partial charge is 0.456 e. The lowest BCUT2D eigenvalue weighted by molar-refractivity contribution is -0.143. The van der Waals surface area contributed by atoms with Crippen LogP contribution in [0.5, 0.6) is 0 Å². The molecular weight excluding hydrogens is 411 g/mol. The summed E-state index contributed by atoms with van der Waals surface area (Å²) in [5.74, 6) is -1.31. The number of ether oxygens (including phenoxy) is 1. The highest BCUT2D eigenvalue weighted by atomic mass is 19.1. The number of hydrogen-bond acceptors (Lipinski definition) is 4. The van der Waals surface area contributed by atoms with Crippen LogP contribution >= 0.6 is 0 Å². The second-order valence-electron chi connectivity index (χ2n) is 8.45. The molecule has 0 atom stereocenters. The molecule has 1 fully saturated rings. The molecule has 0 saturated heterocycles. The zero-order valence-electron chi connectivity index (χ0n) is 18.8. The molecule has 3 rings (SSSR count). The average Bonchev–Trinajstić information content (AvgIpc) is 3.09. The summed E-state index contributed by atoms with van der Waals surface area (Å²) >= 11 is 0. The minimum absolute atomic E-state index is 0.0292. The number of aryl methyl sites for hydroxylation is 2. The summed E-state index contributed by atoms with van der Waals surface area (Å²) in [6, 6.07) is 8.17. The highest BCUT2D eigenvalue weighted by Crippen LogP contribution is 2.23. The number of carbonyl (C=O) groups excluding carboxylic acids is 3. The van der Waals surface area contributed by atoms with Crippen LogP contribution in [0.1, 0.15) is 59.4 Å². The van der Waals surface area contributed by atoms with E-state index in [0.29, 0.717) is 18.5 Å². The second-order valence-corrected chi connectivity index (χ2v) is 8.45. The molecule has 172 valence electrons. The Kier molecular flexibility index (Phi) is 8.20. The van der Waals surface area contributed by atoms with Gasteiger partial charge in [0.05, 0.1) is 0 Å². The van der Waals surface area contributed by atoms with Crippen LogP contribution < -0.4 is 5.32 Å². The molecule has 0 unspecified atom stereocenters. The minimum atomic E-state index is -0.618. The molecule has 6 nitrogen and oxygen atoms in total. The van der Waals surface area contributed by atoms with Crippen LogP contribution in [0, 0.1) is 25.6 Å². The van der Waals surface area contributed by atoms with E-state index in [4.69, 9.17) is 4.74 Å². The Morgan fingerprint density at radius 2 is 1.78 bits per heavy atom. The molecule has 7 heteroatoms. The van der Waals surface area contributed by atoms with Crippen LogP contribution in [0.2, 0.25) is 0 Å². The van der Waals surface area contributed by atoms with E-state index in [9.17, 15) is 18.8 Å². The number of hydrogen-bond donors (Lipinski definition) is 1. The monoisotopic (exact) mass is 442 g/mol. The van der Waals surface area contributed by atoms with E-state index >= 15 is 0 Å². The van der Waals surface area contributed by atoms with Crippen molar-refractivity contribution < 1.29 is 23.5 Å². The fraction of sp³-hybridized carbons (Fsp3) is 0.480. The smallest absolute Gasteiger partial charge is 0.325 e. The third-order valence-corrected chi connectivity index (χ3v) is 6.16. The zero-order valence-corrected chi connectivity index (χ0v) is 18.8. The number of nitrogens with zero attached hydrogens (tertiary/aromatic N) is 1. The summed E-state index contributed by atoms with van der Waals surface area (Å²) in [5, 5.41) is 2.62. The van der Waals surface area contributed by atoms with Gasteiger partial charge in [-0.3, -0.25) is 14.4 Å². The topological polar surface area (TPSA) is 77.4 Å². The summed E-state index contributed by atoms with van der Waals surface area (Å²) in [6.45, 7) is 3.85. The van der Waals surface area contributed by atoms with E-state index in [1.165, 1.54) is 12.1 Å². The number of aromatic nitrogens is 1. The van der Waals surface area contributed by atoms with Crippen molar-refractivity contribution in [3.05, 3.63) is 58.7 Å². The SMILES string of the molecule is Cc1cc(C(=O)COC(=O)CNC(=O)C2CCCCC2)c(C)n1CCc1ccc(F)cc1. The number of esters is 1. The Morgan fingerprint density at radius 1 is 1.09 bits per heavy atom. The highest BCUT2D eigenvalue weighted by Gasteiger charge is 2.22. The molecule has 1 aromatic carbocycles. The Labute approximate surface area is 188 Å². The first-order valence-electron chi connectivity index (χ1n) is 11.2. The van der Waals surface area contributed by atoms with Gasteiger partial charge in [-0.05, 0) is 56.9 Å². The van der Waals surface area contributed by atoms with E-state index in [1.807, 2.05) is 18.4 Å². The van der Waals surface area contributed by atoms with Gasteiger partial charge >= 0.3 is 5.97 Å². The fourth-order valence-corrected chi connectivity index (χ4v) is 4.26. The number of carbonyl (C=O) groups is 3. The van der Waals surface area contributed by atoms with Crippen LogP contribution in [-0.4, -0.2) is 35.4 Å². The molecule has 32 heavy (non-hydrogen) atoms. The van der Waals surface area contributed by atoms with E-state index < -0.39 is 5.97 Å². The molecule has 1 aliphatic carbocycles. The van der Waals surface area contributed by atoms with Gasteiger partial charge in [0.1, 0.15) is 12.4 Å². The normalized spacial score (nSPS) is 14.2. The van der Waals surface area contributed by atoms with Crippen LogP contribution in [0.3, 0.4) is 0 Å². The Morgan fingerprint density at radius 3 is 2.47 bits per heavy atom. The standard InChI is InChI=1S/C25H31FN2O4/c1-17-14-22(18(2)28(17)13-12-19-8-10-21(26)11-9-19)23(29)16-32-24(30)15-27-25(31)20-6-4-3-5-7-20/h8-11,14,20H,3-7,12-13,15-16H2,1-2H3,(H,27,31). The van der Waals surface area contributed by atoms with E-state index in [-0.39, 0.29) is 36.6 Å². The molecule has 0 bridgehead atoms. The van der Waals surface area contributed by atoms with Gasteiger partial charge in [-0.25, -0.2) is 4.39 Å². The second kappa shape index (κ2) is 11.1. The van der Waals surface area contributed by atoms with Gasteiger partial charge in [-0.2, -0.15) is 0 Å². The summed E-state index contributed by atoms with van der Waals surface area (Å²) in [5.41, 5.74) is 3.26. The first-order chi connectivity index (χ1) is 15.3. The lowest BCUT2D eigenvalue weighted by Gasteiger charge is -2.20. The maximum Gasteiger partial charge on any atom is 0.325 e. The molecule has 0 spiro atoms. The van der Waals surface area contributed by atoms with Crippen LogP contribution in [0.4, 0.5) is 4.39 Å². The van der Waals surface area contributed by atoms with Gasteiger partial charge in [0.15, 0.2) is 6.61 Å². The van der Waals surface area contributed by atoms with Crippen molar-refractivity contribution >= 4 is 17.7 Å². The Hall–Kier alpha value is -2.96. The lowest BCUT2D eigenvalue weighted by atomic mass is 9.89. The molecule has 1 amide bonds. The van der Waals surface area contributed by atoms with Gasteiger partial charge < -0.3 is 14.6 Å². The molecular formula is C25H31FN2O4. The Bertz CT molecular complexity index is 959. The van der Waals surface area contributed by atoms with E-state index in [2.05, 4.69) is 5.32 Å². The van der Waals surface area contributed by atoms with Crippen molar-refractivity contribution in [3.63, 3.8) is 0 Å². The maximum atomic E-state index is 13.1. The lowest BCUT2D eigenvalue weighted by Crippen LogP contribution is -2.36. The van der Waals surface area contributed by atoms with Crippen LogP contribution in [-0.2, 0) is 27.3 Å². The molecule has 1 aliphatic rings. The van der Waals surface area contributed by atoms with Gasteiger partial charge in [-0.15, -0.1) is 0 Å². The molecule has 1 saturated carbocycles. The number of rotatable bonds is 9. The molecule has 2 aromatic rings. The maximum absolute atomic E-state index is 13.1. The van der Waals surface area contributed by atoms with Crippen molar-refractivity contribution in [2.24, 2.45) is 5.92 Å². The zero-order chi connectivity index (χ0) is 23.1. The van der Waals surface area contributed by atoms with Crippen molar-refractivity contribution in [3.8, 4) is 0 Å². The Balaban J connectivity index is 1.48. The first kappa shape index (κ1) is 23.7. The first-order valence-corrected chi connectivity index (χ1v) is 11.2. The van der Waals surface area contributed by atoms with Crippen LogP contribution in [0.15, 0.2) is 30.3 Å². The van der Waals surface area contributed by atoms with Crippen LogP contribution in [0.25, 0.3) is 0 Å². The number of ketones is 1. The van der Waals surface area contributed by atoms with Gasteiger partial charge in [0, 0.05) is 29.4 Å². The average molecular weight is 443 g/mol. The molecule has 1 aromatic heterocycles. The predicted octanol–water partition coefficient (Wildman–Crippen LogP) is 3.91. The molecule has 1 heterocycles. The minimum Gasteiger partial charge on any atom is -0.456 e. The summed E-state index contributed by atoms with van der Waals surface area (Å²) < 4.78 is 20.2. The summed E-state index contributed by atoms with van der Waals surface area (Å²) in [7, 11) is 0. The number of benzene rings is 1. The van der Waals surface area contributed by atoms with Crippen molar-refractivity contribution in [1.82, 2.24) is 9.88 Å². The molecule has 1 N–H and O–H groups in total. The van der Waals surface area contributed by atoms with Crippen molar-refractivity contribution in [2.75, 3.05) is 13.2 Å². The summed E-state index contributed by atoms with van der Waals surface area (Å²) in [6.07, 6.45) is 5.66. The van der Waals surface area contributed by atoms with E-state index in [0.717, 1.165) is 49.1 Å². The third kappa shape index (κ3) is 6.28. The van der Waals surface area contributed by atoms with E-state index in [1.54, 1.807) is 18.2 Å². The van der Waals surface area contributed by atoms with Gasteiger partial charge in [0.25, 0.3) is 0 Å². The summed E-state index contributed by atoms with van der Waals surface area (Å²) in [4.78, 5) is 36.7. The molecule has 0 radical (unpaired) electrons.